The third-order valence-corrected chi connectivity index (χ3v) is 2.45. The first-order valence-electron chi connectivity index (χ1n) is 4.98. The van der Waals surface area contributed by atoms with Gasteiger partial charge in [-0.15, -0.1) is 0 Å². The SMILES string of the molecule is COCC(=O)CCc1cc(Cl)ccc1[N+](=O)[O-]. The molecule has 0 aromatic heterocycles. The highest BCUT2D eigenvalue weighted by Gasteiger charge is 2.14. The van der Waals surface area contributed by atoms with Crippen LogP contribution in [0.5, 0.6) is 0 Å². The van der Waals surface area contributed by atoms with Crippen molar-refractivity contribution in [2.24, 2.45) is 0 Å². The molecule has 0 amide bonds. The number of halogens is 1. The second-order valence-corrected chi connectivity index (χ2v) is 3.94. The Labute approximate surface area is 103 Å². The molecule has 0 aliphatic carbocycles. The van der Waals surface area contributed by atoms with E-state index in [1.807, 2.05) is 0 Å². The van der Waals surface area contributed by atoms with E-state index in [0.717, 1.165) is 0 Å². The number of nitrogens with zero attached hydrogens (tertiary/aromatic N) is 1. The van der Waals surface area contributed by atoms with Gasteiger partial charge >= 0.3 is 0 Å². The highest BCUT2D eigenvalue weighted by Crippen LogP contribution is 2.23. The van der Waals surface area contributed by atoms with Crippen molar-refractivity contribution in [1.29, 1.82) is 0 Å². The zero-order chi connectivity index (χ0) is 12.8. The van der Waals surface area contributed by atoms with Crippen molar-refractivity contribution in [2.45, 2.75) is 12.8 Å². The van der Waals surface area contributed by atoms with Crippen LogP contribution in [0.15, 0.2) is 18.2 Å². The summed E-state index contributed by atoms with van der Waals surface area (Å²) in [5.74, 6) is -0.0956. The van der Waals surface area contributed by atoms with Gasteiger partial charge in [0, 0.05) is 30.2 Å². The molecule has 0 atom stereocenters. The molecule has 1 aromatic carbocycles. The van der Waals surface area contributed by atoms with Crippen LogP contribution >= 0.6 is 11.6 Å². The van der Waals surface area contributed by atoms with Gasteiger partial charge in [-0.05, 0) is 18.6 Å². The number of nitro groups is 1. The molecule has 17 heavy (non-hydrogen) atoms. The molecule has 0 spiro atoms. The largest absolute Gasteiger partial charge is 0.377 e. The number of ether oxygens (including phenoxy) is 1. The number of nitro benzene ring substituents is 1. The van der Waals surface area contributed by atoms with Gasteiger partial charge in [0.15, 0.2) is 5.78 Å². The molecule has 0 aliphatic heterocycles. The lowest BCUT2D eigenvalue weighted by Crippen LogP contribution is -2.08. The van der Waals surface area contributed by atoms with Crippen molar-refractivity contribution >= 4 is 23.1 Å². The maximum atomic E-state index is 11.3. The number of ketones is 1. The maximum Gasteiger partial charge on any atom is 0.272 e. The molecule has 0 radical (unpaired) electrons. The average Bonchev–Trinajstić information content (AvgIpc) is 2.26. The third-order valence-electron chi connectivity index (χ3n) is 2.22. The molecule has 0 saturated carbocycles. The molecule has 5 nitrogen and oxygen atoms in total. The van der Waals surface area contributed by atoms with Gasteiger partial charge in [-0.3, -0.25) is 14.9 Å². The summed E-state index contributed by atoms with van der Waals surface area (Å²) in [4.78, 5) is 21.5. The fourth-order valence-electron chi connectivity index (χ4n) is 1.44. The maximum absolute atomic E-state index is 11.3. The van der Waals surface area contributed by atoms with Gasteiger partial charge in [0.05, 0.1) is 4.92 Å². The van der Waals surface area contributed by atoms with Gasteiger partial charge in [-0.2, -0.15) is 0 Å². The Kier molecular flexibility index (Phi) is 5.06. The molecule has 0 bridgehead atoms. The van der Waals surface area contributed by atoms with Gasteiger partial charge in [-0.25, -0.2) is 0 Å². The van der Waals surface area contributed by atoms with Crippen LogP contribution < -0.4 is 0 Å². The van der Waals surface area contributed by atoms with Gasteiger partial charge < -0.3 is 4.74 Å². The van der Waals surface area contributed by atoms with Gasteiger partial charge in [0.25, 0.3) is 5.69 Å². The summed E-state index contributed by atoms with van der Waals surface area (Å²) in [7, 11) is 1.43. The number of hydrogen-bond donors (Lipinski definition) is 0. The summed E-state index contributed by atoms with van der Waals surface area (Å²) in [6, 6.07) is 4.32. The van der Waals surface area contributed by atoms with E-state index in [2.05, 4.69) is 4.74 Å². The van der Waals surface area contributed by atoms with Gasteiger partial charge in [0.2, 0.25) is 0 Å². The quantitative estimate of drug-likeness (QED) is 0.580. The fourth-order valence-corrected chi connectivity index (χ4v) is 1.63. The van der Waals surface area contributed by atoms with Crippen LogP contribution in [0.3, 0.4) is 0 Å². The van der Waals surface area contributed by atoms with Crippen molar-refractivity contribution in [1.82, 2.24) is 0 Å². The number of carbonyl (C=O) groups excluding carboxylic acids is 1. The molecule has 0 saturated heterocycles. The normalized spacial score (nSPS) is 10.2. The van der Waals surface area contributed by atoms with Crippen molar-refractivity contribution < 1.29 is 14.5 Å². The number of benzene rings is 1. The lowest BCUT2D eigenvalue weighted by molar-refractivity contribution is -0.385. The topological polar surface area (TPSA) is 69.4 Å². The van der Waals surface area contributed by atoms with Crippen molar-refractivity contribution in [2.75, 3.05) is 13.7 Å². The molecule has 1 aromatic rings. The zero-order valence-electron chi connectivity index (χ0n) is 9.31. The minimum Gasteiger partial charge on any atom is -0.377 e. The third kappa shape index (κ3) is 4.13. The van der Waals surface area contributed by atoms with Crippen LogP contribution in [-0.4, -0.2) is 24.4 Å². The summed E-state index contributed by atoms with van der Waals surface area (Å²) in [6.07, 6.45) is 0.494. The minimum absolute atomic E-state index is 0.0142. The summed E-state index contributed by atoms with van der Waals surface area (Å²) in [5.41, 5.74) is 0.451. The Bertz CT molecular complexity index is 433. The molecular weight excluding hydrogens is 246 g/mol. The van der Waals surface area contributed by atoms with Gasteiger partial charge in [-0.1, -0.05) is 11.6 Å². The molecule has 0 N–H and O–H groups in total. The van der Waals surface area contributed by atoms with Crippen LogP contribution in [0.2, 0.25) is 5.02 Å². The number of Topliss-reactive ketones (excluding diaryl/α,β-unsaturated/α-hetero) is 1. The van der Waals surface area contributed by atoms with E-state index in [1.54, 1.807) is 0 Å². The number of methoxy groups -OCH3 is 1. The van der Waals surface area contributed by atoms with Crippen LogP contribution in [-0.2, 0) is 16.0 Å². The van der Waals surface area contributed by atoms with E-state index in [-0.39, 0.29) is 24.5 Å². The predicted molar refractivity (Wildman–Crippen MR) is 63.3 cm³/mol. The van der Waals surface area contributed by atoms with Crippen molar-refractivity contribution in [3.63, 3.8) is 0 Å². The molecule has 6 heteroatoms. The first-order valence-corrected chi connectivity index (χ1v) is 5.36. The molecule has 0 unspecified atom stereocenters. The van der Waals surface area contributed by atoms with Crippen molar-refractivity contribution in [3.8, 4) is 0 Å². The van der Waals surface area contributed by atoms with Crippen LogP contribution in [0, 0.1) is 10.1 Å². The standard InChI is InChI=1S/C11H12ClNO4/c1-17-7-10(14)4-2-8-6-9(12)3-5-11(8)13(15)16/h3,5-6H,2,4,7H2,1H3. The van der Waals surface area contributed by atoms with Gasteiger partial charge in [0.1, 0.15) is 6.61 Å². The second kappa shape index (κ2) is 6.32. The zero-order valence-corrected chi connectivity index (χ0v) is 10.1. The van der Waals surface area contributed by atoms with Crippen molar-refractivity contribution in [3.05, 3.63) is 38.9 Å². The van der Waals surface area contributed by atoms with E-state index in [0.29, 0.717) is 17.0 Å². The minimum atomic E-state index is -0.480. The Morgan fingerprint density at radius 1 is 1.53 bits per heavy atom. The van der Waals surface area contributed by atoms with Crippen LogP contribution in [0.1, 0.15) is 12.0 Å². The number of aryl methyl sites for hydroxylation is 1. The lowest BCUT2D eigenvalue weighted by atomic mass is 10.1. The Hall–Kier alpha value is -1.46. The molecule has 0 heterocycles. The number of carbonyl (C=O) groups is 1. The predicted octanol–water partition coefficient (Wildman–Crippen LogP) is 2.40. The smallest absolute Gasteiger partial charge is 0.272 e. The van der Waals surface area contributed by atoms with E-state index < -0.39 is 4.92 Å². The summed E-state index contributed by atoms with van der Waals surface area (Å²) in [6.45, 7) is 0.0222. The Morgan fingerprint density at radius 3 is 2.82 bits per heavy atom. The van der Waals surface area contributed by atoms with E-state index >= 15 is 0 Å². The second-order valence-electron chi connectivity index (χ2n) is 3.50. The van der Waals surface area contributed by atoms with Crippen LogP contribution in [0.25, 0.3) is 0 Å². The van der Waals surface area contributed by atoms with E-state index in [9.17, 15) is 14.9 Å². The average molecular weight is 258 g/mol. The lowest BCUT2D eigenvalue weighted by Gasteiger charge is -2.03. The van der Waals surface area contributed by atoms with Crippen LogP contribution in [0.4, 0.5) is 5.69 Å². The number of hydrogen-bond acceptors (Lipinski definition) is 4. The van der Waals surface area contributed by atoms with E-state index in [4.69, 9.17) is 11.6 Å². The molecule has 0 fully saturated rings. The first-order chi connectivity index (χ1) is 8.04. The van der Waals surface area contributed by atoms with E-state index in [1.165, 1.54) is 25.3 Å². The molecular formula is C11H12ClNO4. The first kappa shape index (κ1) is 13.6. The Balaban J connectivity index is 2.78. The highest BCUT2D eigenvalue weighted by atomic mass is 35.5. The summed E-state index contributed by atoms with van der Waals surface area (Å²) in [5, 5.41) is 11.2. The monoisotopic (exact) mass is 257 g/mol. The summed E-state index contributed by atoms with van der Waals surface area (Å²) < 4.78 is 4.68. The highest BCUT2D eigenvalue weighted by molar-refractivity contribution is 6.30. The Morgan fingerprint density at radius 2 is 2.24 bits per heavy atom. The molecule has 1 rings (SSSR count). The molecule has 0 aliphatic rings. The summed E-state index contributed by atoms with van der Waals surface area (Å²) >= 11 is 5.77. The fraction of sp³-hybridized carbons (Fsp3) is 0.364. The molecule has 92 valence electrons. The number of rotatable bonds is 6.